The lowest BCUT2D eigenvalue weighted by Gasteiger charge is -2.36. The number of nitrogens with zero attached hydrogens (tertiary/aromatic N) is 2. The van der Waals surface area contributed by atoms with E-state index >= 15 is 0 Å². The molecule has 1 saturated heterocycles. The van der Waals surface area contributed by atoms with Gasteiger partial charge in [-0.3, -0.25) is 14.5 Å². The van der Waals surface area contributed by atoms with Crippen molar-refractivity contribution in [2.45, 2.75) is 6.92 Å². The second-order valence-electron chi connectivity index (χ2n) is 8.68. The Hall–Kier alpha value is -4.24. The molecule has 0 aromatic heterocycles. The molecular weight excluding hydrogens is 463 g/mol. The summed E-state index contributed by atoms with van der Waals surface area (Å²) in [7, 11) is 0. The van der Waals surface area contributed by atoms with Crippen molar-refractivity contribution in [1.29, 1.82) is 0 Å². The molecule has 8 nitrogen and oxygen atoms in total. The number of carbonyl (C=O) groups excluding carboxylic acids is 2. The van der Waals surface area contributed by atoms with Gasteiger partial charge in [-0.05, 0) is 61.5 Å². The number of anilines is 3. The average molecular weight is 491 g/mol. The van der Waals surface area contributed by atoms with Crippen LogP contribution in [0.25, 0.3) is 0 Å². The molecule has 36 heavy (non-hydrogen) atoms. The summed E-state index contributed by atoms with van der Waals surface area (Å²) < 4.78 is 13.2. The van der Waals surface area contributed by atoms with E-state index in [1.807, 2.05) is 41.0 Å². The molecule has 186 valence electrons. The van der Waals surface area contributed by atoms with E-state index in [0.717, 1.165) is 11.3 Å². The number of amides is 2. The largest absolute Gasteiger partial charge is 0.478 e. The monoisotopic (exact) mass is 490 g/mol. The number of carbonyl (C=O) groups is 3. The first-order valence-electron chi connectivity index (χ1n) is 11.6. The van der Waals surface area contributed by atoms with Crippen LogP contribution in [0.1, 0.15) is 26.3 Å². The number of rotatable bonds is 7. The number of carboxylic acids is 1. The normalized spacial score (nSPS) is 13.8. The van der Waals surface area contributed by atoms with Gasteiger partial charge in [0.05, 0.1) is 23.5 Å². The number of carboxylic acid groups (broad SMARTS) is 1. The predicted molar refractivity (Wildman–Crippen MR) is 136 cm³/mol. The summed E-state index contributed by atoms with van der Waals surface area (Å²) in [5.41, 5.74) is 3.21. The van der Waals surface area contributed by atoms with Gasteiger partial charge in [-0.25, -0.2) is 9.18 Å². The molecule has 1 fully saturated rings. The minimum Gasteiger partial charge on any atom is -0.478 e. The lowest BCUT2D eigenvalue weighted by molar-refractivity contribution is -0.117. The third kappa shape index (κ3) is 6.25. The van der Waals surface area contributed by atoms with Crippen LogP contribution in [0.2, 0.25) is 0 Å². The fraction of sp³-hybridized carbons (Fsp3) is 0.222. The Labute approximate surface area is 208 Å². The maximum absolute atomic E-state index is 13.2. The molecule has 1 aliphatic heterocycles. The van der Waals surface area contributed by atoms with Gasteiger partial charge in [-0.1, -0.05) is 17.7 Å². The maximum Gasteiger partial charge on any atom is 0.335 e. The fourth-order valence-corrected chi connectivity index (χ4v) is 4.03. The molecule has 2 amide bonds. The molecule has 3 aromatic rings. The Bertz CT molecular complexity index is 1250. The number of aryl methyl sites for hydroxylation is 1. The standard InChI is InChI=1S/C27H27FN4O4/c1-18-2-9-22(10-3-18)29-25(33)17-31-12-14-32(15-13-31)24-11-6-20(27(35)36)16-23(24)30-26(34)19-4-7-21(28)8-5-19/h2-11,16H,12-15,17H2,1H3,(H,29,33)(H,30,34)(H,35,36). The summed E-state index contributed by atoms with van der Waals surface area (Å²) >= 11 is 0. The van der Waals surface area contributed by atoms with Gasteiger partial charge in [0.2, 0.25) is 5.91 Å². The van der Waals surface area contributed by atoms with Crippen molar-refractivity contribution in [1.82, 2.24) is 4.90 Å². The minimum atomic E-state index is -1.11. The highest BCUT2D eigenvalue weighted by molar-refractivity contribution is 6.06. The number of hydrogen-bond acceptors (Lipinski definition) is 5. The first kappa shape index (κ1) is 24.9. The lowest BCUT2D eigenvalue weighted by Crippen LogP contribution is -2.48. The first-order chi connectivity index (χ1) is 17.3. The zero-order chi connectivity index (χ0) is 25.7. The third-order valence-electron chi connectivity index (χ3n) is 6.01. The van der Waals surface area contributed by atoms with Crippen molar-refractivity contribution in [2.75, 3.05) is 48.3 Å². The Balaban J connectivity index is 1.41. The van der Waals surface area contributed by atoms with Gasteiger partial charge in [0.1, 0.15) is 5.82 Å². The van der Waals surface area contributed by atoms with Crippen molar-refractivity contribution >= 4 is 34.8 Å². The van der Waals surface area contributed by atoms with Gasteiger partial charge < -0.3 is 20.6 Å². The molecule has 0 spiro atoms. The van der Waals surface area contributed by atoms with Gasteiger partial charge in [-0.15, -0.1) is 0 Å². The van der Waals surface area contributed by atoms with Crippen molar-refractivity contribution < 1.29 is 23.9 Å². The van der Waals surface area contributed by atoms with Crippen LogP contribution in [0.5, 0.6) is 0 Å². The summed E-state index contributed by atoms with van der Waals surface area (Å²) in [4.78, 5) is 40.8. The Kier molecular flexibility index (Phi) is 7.60. The van der Waals surface area contributed by atoms with Crippen molar-refractivity contribution in [2.24, 2.45) is 0 Å². The molecule has 3 N–H and O–H groups in total. The Morgan fingerprint density at radius 1 is 0.861 bits per heavy atom. The number of hydrogen-bond donors (Lipinski definition) is 3. The lowest BCUT2D eigenvalue weighted by atomic mass is 10.1. The van der Waals surface area contributed by atoms with Gasteiger partial charge >= 0.3 is 5.97 Å². The number of piperazine rings is 1. The van der Waals surface area contributed by atoms with Crippen LogP contribution < -0.4 is 15.5 Å². The van der Waals surface area contributed by atoms with Crippen LogP contribution in [0.15, 0.2) is 66.7 Å². The molecule has 0 atom stereocenters. The summed E-state index contributed by atoms with van der Waals surface area (Å²) in [6.45, 7) is 4.65. The molecule has 4 rings (SSSR count). The van der Waals surface area contributed by atoms with Crippen molar-refractivity contribution in [3.05, 3.63) is 89.2 Å². The SMILES string of the molecule is Cc1ccc(NC(=O)CN2CCN(c3ccc(C(=O)O)cc3NC(=O)c3ccc(F)cc3)CC2)cc1. The molecule has 0 radical (unpaired) electrons. The quantitative estimate of drug-likeness (QED) is 0.465. The molecule has 0 unspecified atom stereocenters. The van der Waals surface area contributed by atoms with E-state index in [0.29, 0.717) is 37.6 Å². The Morgan fingerprint density at radius 3 is 2.14 bits per heavy atom. The van der Waals surface area contributed by atoms with Crippen LogP contribution in [0.4, 0.5) is 21.5 Å². The third-order valence-corrected chi connectivity index (χ3v) is 6.01. The van der Waals surface area contributed by atoms with E-state index < -0.39 is 17.7 Å². The van der Waals surface area contributed by atoms with Gasteiger partial charge in [0.25, 0.3) is 5.91 Å². The molecule has 1 aliphatic rings. The zero-order valence-corrected chi connectivity index (χ0v) is 19.8. The molecule has 3 aromatic carbocycles. The van der Waals surface area contributed by atoms with Crippen LogP contribution >= 0.6 is 0 Å². The van der Waals surface area contributed by atoms with Crippen molar-refractivity contribution in [3.8, 4) is 0 Å². The second kappa shape index (κ2) is 11.0. The minimum absolute atomic E-state index is 0.0413. The van der Waals surface area contributed by atoms with Gasteiger partial charge in [0, 0.05) is 37.4 Å². The smallest absolute Gasteiger partial charge is 0.335 e. The summed E-state index contributed by atoms with van der Waals surface area (Å²) in [6, 6.07) is 17.3. The molecule has 0 aliphatic carbocycles. The van der Waals surface area contributed by atoms with Crippen molar-refractivity contribution in [3.63, 3.8) is 0 Å². The van der Waals surface area contributed by atoms with Crippen LogP contribution in [0.3, 0.4) is 0 Å². The van der Waals surface area contributed by atoms with Crippen LogP contribution in [0, 0.1) is 12.7 Å². The predicted octanol–water partition coefficient (Wildman–Crippen LogP) is 3.85. The second-order valence-corrected chi connectivity index (χ2v) is 8.68. The molecular formula is C27H27FN4O4. The van der Waals surface area contributed by atoms with E-state index in [2.05, 4.69) is 10.6 Å². The molecule has 9 heteroatoms. The zero-order valence-electron chi connectivity index (χ0n) is 19.8. The van der Waals surface area contributed by atoms with E-state index in [9.17, 15) is 23.9 Å². The number of nitrogens with one attached hydrogen (secondary N) is 2. The Morgan fingerprint density at radius 2 is 1.50 bits per heavy atom. The van der Waals surface area contributed by atoms with Crippen LogP contribution in [-0.2, 0) is 4.79 Å². The van der Waals surface area contributed by atoms with E-state index in [-0.39, 0.29) is 23.6 Å². The van der Waals surface area contributed by atoms with Gasteiger partial charge in [0.15, 0.2) is 0 Å². The van der Waals surface area contributed by atoms with E-state index in [4.69, 9.17) is 0 Å². The highest BCUT2D eigenvalue weighted by atomic mass is 19.1. The van der Waals surface area contributed by atoms with Crippen LogP contribution in [-0.4, -0.2) is 60.5 Å². The maximum atomic E-state index is 13.2. The average Bonchev–Trinajstić information content (AvgIpc) is 2.86. The molecule has 1 heterocycles. The number of aromatic carboxylic acids is 1. The summed E-state index contributed by atoms with van der Waals surface area (Å²) in [6.07, 6.45) is 0. The fourth-order valence-electron chi connectivity index (χ4n) is 4.03. The molecule has 0 bridgehead atoms. The highest BCUT2D eigenvalue weighted by Gasteiger charge is 2.23. The van der Waals surface area contributed by atoms with E-state index in [1.165, 1.54) is 36.4 Å². The topological polar surface area (TPSA) is 102 Å². The summed E-state index contributed by atoms with van der Waals surface area (Å²) in [5, 5.41) is 15.1. The first-order valence-corrected chi connectivity index (χ1v) is 11.6. The molecule has 0 saturated carbocycles. The number of benzene rings is 3. The summed E-state index contributed by atoms with van der Waals surface area (Å²) in [5.74, 6) is -2.12. The van der Waals surface area contributed by atoms with Gasteiger partial charge in [-0.2, -0.15) is 0 Å². The number of halogens is 1. The van der Waals surface area contributed by atoms with E-state index in [1.54, 1.807) is 6.07 Å². The highest BCUT2D eigenvalue weighted by Crippen LogP contribution is 2.29.